The van der Waals surface area contributed by atoms with Gasteiger partial charge in [-0.1, -0.05) is 24.3 Å². The number of ether oxygens (including phenoxy) is 2. The molecule has 0 spiro atoms. The van der Waals surface area contributed by atoms with Crippen molar-refractivity contribution >= 4 is 35.0 Å². The summed E-state index contributed by atoms with van der Waals surface area (Å²) < 4.78 is 11.2. The molecule has 192 valence electrons. The van der Waals surface area contributed by atoms with Gasteiger partial charge in [-0.15, -0.1) is 11.8 Å². The number of anilines is 1. The zero-order valence-corrected chi connectivity index (χ0v) is 21.5. The van der Waals surface area contributed by atoms with Crippen LogP contribution in [0.25, 0.3) is 0 Å². The Morgan fingerprint density at radius 1 is 1.05 bits per heavy atom. The normalized spacial score (nSPS) is 17.2. The van der Waals surface area contributed by atoms with Gasteiger partial charge in [0.25, 0.3) is 11.6 Å². The van der Waals surface area contributed by atoms with Gasteiger partial charge in [-0.25, -0.2) is 4.79 Å². The van der Waals surface area contributed by atoms with Crippen molar-refractivity contribution in [3.8, 4) is 5.75 Å². The van der Waals surface area contributed by atoms with Gasteiger partial charge in [0.1, 0.15) is 5.75 Å². The second kappa shape index (κ2) is 11.4. The zero-order valence-electron chi connectivity index (χ0n) is 20.7. The smallest absolute Gasteiger partial charge is 0.338 e. The lowest BCUT2D eigenvalue weighted by molar-refractivity contribution is -0.384. The summed E-state index contributed by atoms with van der Waals surface area (Å²) in [5.74, 6) is -0.401. The monoisotopic (exact) mass is 521 g/mol. The maximum Gasteiger partial charge on any atom is 0.338 e. The molecule has 37 heavy (non-hydrogen) atoms. The van der Waals surface area contributed by atoms with Gasteiger partial charge in [-0.3, -0.25) is 14.9 Å². The van der Waals surface area contributed by atoms with E-state index in [-0.39, 0.29) is 17.2 Å². The van der Waals surface area contributed by atoms with Crippen molar-refractivity contribution in [1.82, 2.24) is 4.90 Å². The Labute approximate surface area is 219 Å². The fourth-order valence-electron chi connectivity index (χ4n) is 3.96. The third-order valence-corrected chi connectivity index (χ3v) is 7.33. The molecule has 1 amide bonds. The van der Waals surface area contributed by atoms with Crippen molar-refractivity contribution < 1.29 is 24.0 Å². The average molecular weight is 522 g/mol. The first kappa shape index (κ1) is 26.2. The van der Waals surface area contributed by atoms with Crippen LogP contribution in [0.5, 0.6) is 5.75 Å². The summed E-state index contributed by atoms with van der Waals surface area (Å²) >= 11 is 1.45. The molecule has 3 aromatic carbocycles. The Bertz CT molecular complexity index is 1280. The molecule has 0 radical (unpaired) electrons. The van der Waals surface area contributed by atoms with Crippen molar-refractivity contribution in [3.05, 3.63) is 94.0 Å². The predicted octanol–water partition coefficient (Wildman–Crippen LogP) is 4.57. The van der Waals surface area contributed by atoms with Crippen LogP contribution >= 0.6 is 11.8 Å². The predicted molar refractivity (Wildman–Crippen MR) is 141 cm³/mol. The molecule has 9 nitrogen and oxygen atoms in total. The molecule has 0 saturated carbocycles. The standard InChI is InChI=1S/C27H27N3O6S/c1-28(2)16-17-29-22-6-4-5-7-23(22)37-25(18-10-14-21(35-3)15-11-18)24(26(29)31)36-27(32)19-8-12-20(13-9-19)30(33)34/h4-15,24-25H,16-17H2,1-3H3/t24-,25+/m0/s1. The lowest BCUT2D eigenvalue weighted by Crippen LogP contribution is -2.45. The third kappa shape index (κ3) is 5.92. The second-order valence-electron chi connectivity index (χ2n) is 8.70. The number of nitro benzene ring substituents is 1. The van der Waals surface area contributed by atoms with Crippen LogP contribution in [-0.4, -0.2) is 62.1 Å². The van der Waals surface area contributed by atoms with Crippen LogP contribution in [0.15, 0.2) is 77.7 Å². The fraction of sp³-hybridized carbons (Fsp3) is 0.259. The number of methoxy groups -OCH3 is 1. The summed E-state index contributed by atoms with van der Waals surface area (Å²) in [7, 11) is 5.43. The number of carbonyl (C=O) groups is 2. The molecule has 1 heterocycles. The van der Waals surface area contributed by atoms with Crippen LogP contribution in [0, 0.1) is 10.1 Å². The van der Waals surface area contributed by atoms with E-state index in [0.29, 0.717) is 18.8 Å². The number of nitrogens with zero attached hydrogens (tertiary/aromatic N) is 3. The molecule has 0 bridgehead atoms. The minimum atomic E-state index is -1.14. The highest BCUT2D eigenvalue weighted by Crippen LogP contribution is 2.47. The van der Waals surface area contributed by atoms with Crippen LogP contribution in [0.4, 0.5) is 11.4 Å². The summed E-state index contributed by atoms with van der Waals surface area (Å²) in [5.41, 5.74) is 1.54. The molecule has 0 N–H and O–H groups in total. The third-order valence-electron chi connectivity index (χ3n) is 5.96. The van der Waals surface area contributed by atoms with E-state index in [4.69, 9.17) is 9.47 Å². The molecule has 0 aliphatic carbocycles. The van der Waals surface area contributed by atoms with Crippen LogP contribution in [0.2, 0.25) is 0 Å². The summed E-state index contributed by atoms with van der Waals surface area (Å²) in [5, 5.41) is 10.5. The Balaban J connectivity index is 1.74. The largest absolute Gasteiger partial charge is 0.497 e. The first-order chi connectivity index (χ1) is 17.8. The number of thioether (sulfide) groups is 1. The van der Waals surface area contributed by atoms with Crippen LogP contribution < -0.4 is 9.64 Å². The highest BCUT2D eigenvalue weighted by atomic mass is 32.2. The van der Waals surface area contributed by atoms with E-state index in [1.807, 2.05) is 55.4 Å². The van der Waals surface area contributed by atoms with Gasteiger partial charge in [0.05, 0.1) is 28.5 Å². The Morgan fingerprint density at radius 2 is 1.73 bits per heavy atom. The number of amides is 1. The summed E-state index contributed by atoms with van der Waals surface area (Å²) in [6.07, 6.45) is -1.14. The highest BCUT2D eigenvalue weighted by Gasteiger charge is 2.41. The number of likely N-dealkylation sites (N-methyl/N-ethyl adjacent to an activating group) is 1. The molecule has 3 aromatic rings. The number of benzene rings is 3. The molecule has 4 rings (SSSR count). The quantitative estimate of drug-likeness (QED) is 0.241. The van der Waals surface area contributed by atoms with E-state index < -0.39 is 22.2 Å². The molecule has 1 aliphatic rings. The van der Waals surface area contributed by atoms with Crippen molar-refractivity contribution in [3.63, 3.8) is 0 Å². The number of non-ortho nitro benzene ring substituents is 1. The molecule has 0 saturated heterocycles. The van der Waals surface area contributed by atoms with Gasteiger partial charge in [-0.05, 0) is 56.1 Å². The Morgan fingerprint density at radius 3 is 2.35 bits per heavy atom. The topological polar surface area (TPSA) is 102 Å². The van der Waals surface area contributed by atoms with Gasteiger partial charge >= 0.3 is 5.97 Å². The van der Waals surface area contributed by atoms with Crippen molar-refractivity contribution in [2.75, 3.05) is 39.2 Å². The van der Waals surface area contributed by atoms with E-state index >= 15 is 0 Å². The zero-order chi connectivity index (χ0) is 26.5. The van der Waals surface area contributed by atoms with E-state index in [1.54, 1.807) is 24.1 Å². The minimum absolute atomic E-state index is 0.124. The van der Waals surface area contributed by atoms with Crippen molar-refractivity contribution in [2.24, 2.45) is 0 Å². The number of hydrogen-bond acceptors (Lipinski definition) is 8. The van der Waals surface area contributed by atoms with Crippen LogP contribution in [-0.2, 0) is 9.53 Å². The molecule has 1 aliphatic heterocycles. The second-order valence-corrected chi connectivity index (χ2v) is 9.89. The summed E-state index contributed by atoms with van der Waals surface area (Å²) in [6, 6.07) is 20.1. The number of hydrogen-bond donors (Lipinski definition) is 0. The molecule has 2 atom stereocenters. The first-order valence-corrected chi connectivity index (χ1v) is 12.5. The van der Waals surface area contributed by atoms with E-state index in [0.717, 1.165) is 16.1 Å². The van der Waals surface area contributed by atoms with Crippen LogP contribution in [0.1, 0.15) is 21.2 Å². The average Bonchev–Trinajstić information content (AvgIpc) is 3.01. The molecule has 0 unspecified atom stereocenters. The molecule has 0 fully saturated rings. The molecule has 0 aromatic heterocycles. The lowest BCUT2D eigenvalue weighted by atomic mass is 10.1. The number of rotatable bonds is 8. The van der Waals surface area contributed by atoms with Gasteiger partial charge in [0.2, 0.25) is 0 Å². The molecular weight excluding hydrogens is 494 g/mol. The van der Waals surface area contributed by atoms with E-state index in [1.165, 1.54) is 36.0 Å². The van der Waals surface area contributed by atoms with E-state index in [2.05, 4.69) is 0 Å². The highest BCUT2D eigenvalue weighted by molar-refractivity contribution is 7.99. The number of nitro groups is 1. The number of esters is 1. The Hall–Kier alpha value is -3.89. The first-order valence-electron chi connectivity index (χ1n) is 11.6. The van der Waals surface area contributed by atoms with Gasteiger partial charge in [0.15, 0.2) is 6.10 Å². The molecular formula is C27H27N3O6S. The lowest BCUT2D eigenvalue weighted by Gasteiger charge is -2.28. The number of para-hydroxylation sites is 1. The van der Waals surface area contributed by atoms with Gasteiger partial charge < -0.3 is 19.3 Å². The van der Waals surface area contributed by atoms with Gasteiger partial charge in [-0.2, -0.15) is 0 Å². The minimum Gasteiger partial charge on any atom is -0.497 e. The van der Waals surface area contributed by atoms with Gasteiger partial charge in [0, 0.05) is 30.1 Å². The van der Waals surface area contributed by atoms with Crippen LogP contribution in [0.3, 0.4) is 0 Å². The SMILES string of the molecule is COc1ccc([C@H]2Sc3ccccc3N(CCN(C)C)C(=O)[C@H]2OC(=O)c2ccc([N+](=O)[O-])cc2)cc1. The summed E-state index contributed by atoms with van der Waals surface area (Å²) in [4.78, 5) is 42.2. The maximum absolute atomic E-state index is 14.0. The van der Waals surface area contributed by atoms with Crippen molar-refractivity contribution in [1.29, 1.82) is 0 Å². The van der Waals surface area contributed by atoms with Crippen molar-refractivity contribution in [2.45, 2.75) is 16.2 Å². The van der Waals surface area contributed by atoms with E-state index in [9.17, 15) is 19.7 Å². The fourth-order valence-corrected chi connectivity index (χ4v) is 5.28. The Kier molecular flexibility index (Phi) is 8.10. The summed E-state index contributed by atoms with van der Waals surface area (Å²) in [6.45, 7) is 1.02. The number of carbonyl (C=O) groups excluding carboxylic acids is 2. The molecule has 10 heteroatoms. The number of fused-ring (bicyclic) bond motifs is 1. The maximum atomic E-state index is 14.0.